The molecule has 0 aromatic heterocycles. The topological polar surface area (TPSA) is 109 Å². The monoisotopic (exact) mass is 477 g/mol. The Morgan fingerprint density at radius 1 is 1.00 bits per heavy atom. The predicted molar refractivity (Wildman–Crippen MR) is 128 cm³/mol. The van der Waals surface area contributed by atoms with E-state index in [9.17, 15) is 14.7 Å². The Bertz CT molecular complexity index is 922. The van der Waals surface area contributed by atoms with Crippen molar-refractivity contribution in [1.82, 2.24) is 16.2 Å². The number of carbonyl (C=O) groups excluding carboxylic acids is 2. The van der Waals surface area contributed by atoms with Gasteiger partial charge in [-0.2, -0.15) is 0 Å². The third-order valence-corrected chi connectivity index (χ3v) is 6.00. The second-order valence-corrected chi connectivity index (χ2v) is 11.6. The van der Waals surface area contributed by atoms with Gasteiger partial charge < -0.3 is 19.9 Å². The van der Waals surface area contributed by atoms with E-state index in [1.54, 1.807) is 48.5 Å². The number of hydrazine groups is 1. The summed E-state index contributed by atoms with van der Waals surface area (Å²) in [5, 5.41) is 15.1. The maximum Gasteiger partial charge on any atom is 0.313 e. The number of carbonyl (C=O) groups is 2. The van der Waals surface area contributed by atoms with Gasteiger partial charge in [0.25, 0.3) is 0 Å². The number of hydrogen-bond donors (Lipinski definition) is 4. The van der Waals surface area contributed by atoms with Crippen molar-refractivity contribution in [3.05, 3.63) is 35.9 Å². The van der Waals surface area contributed by atoms with Crippen molar-refractivity contribution in [2.45, 2.75) is 83.3 Å². The summed E-state index contributed by atoms with van der Waals surface area (Å²) in [5.74, 6) is -3.78. The first kappa shape index (κ1) is 25.4. The Morgan fingerprint density at radius 2 is 1.52 bits per heavy atom. The third-order valence-electron chi connectivity index (χ3n) is 5.80. The van der Waals surface area contributed by atoms with Crippen LogP contribution < -0.4 is 16.2 Å². The van der Waals surface area contributed by atoms with Gasteiger partial charge in [0.1, 0.15) is 22.8 Å². The van der Waals surface area contributed by atoms with Gasteiger partial charge in [-0.3, -0.25) is 15.0 Å². The lowest BCUT2D eigenvalue weighted by molar-refractivity contribution is -0.190. The van der Waals surface area contributed by atoms with Gasteiger partial charge >= 0.3 is 11.9 Å². The van der Waals surface area contributed by atoms with Gasteiger partial charge in [-0.15, -0.1) is 0 Å². The number of thiocarbonyl (C=S) groups is 1. The summed E-state index contributed by atoms with van der Waals surface area (Å²) in [6, 6.07) is 9.21. The molecular weight excluding hydrogens is 442 g/mol. The molecule has 1 heterocycles. The Hall–Kier alpha value is -2.23. The minimum atomic E-state index is -1.54. The minimum Gasteiger partial charge on any atom is -0.460 e. The Kier molecular flexibility index (Phi) is 6.56. The third kappa shape index (κ3) is 5.47. The maximum absolute atomic E-state index is 13.7. The molecule has 1 spiro atoms. The lowest BCUT2D eigenvalue weighted by atomic mass is 9.58. The second-order valence-electron chi connectivity index (χ2n) is 11.2. The van der Waals surface area contributed by atoms with E-state index in [2.05, 4.69) is 16.2 Å². The largest absolute Gasteiger partial charge is 0.460 e. The first-order valence-corrected chi connectivity index (χ1v) is 11.5. The summed E-state index contributed by atoms with van der Waals surface area (Å²) in [7, 11) is 0. The van der Waals surface area contributed by atoms with Gasteiger partial charge in [0.2, 0.25) is 0 Å². The molecule has 0 amide bonds. The van der Waals surface area contributed by atoms with E-state index in [1.165, 1.54) is 0 Å². The predicted octanol–water partition coefficient (Wildman–Crippen LogP) is 2.52. The highest BCUT2D eigenvalue weighted by Crippen LogP contribution is 2.52. The standard InChI is InChI=1S/C24H35N3O5S/c1-21(2,3)31-18(28)16-15(14-11-9-8-10-12-14)17(19(29)32-22(4,5)6)24(13-23(16,7)30)25-20(33)26-27-24/h8-12,15-17,27,30H,13H2,1-7H3,(H2,25,26,33)/t15-,16-,17+,23+,24-/m1/s1. The molecule has 2 fully saturated rings. The van der Waals surface area contributed by atoms with E-state index in [0.717, 1.165) is 0 Å². The normalized spacial score (nSPS) is 32.1. The van der Waals surface area contributed by atoms with Crippen LogP contribution in [0.4, 0.5) is 0 Å². The quantitative estimate of drug-likeness (QED) is 0.386. The minimum absolute atomic E-state index is 0.00426. The van der Waals surface area contributed by atoms with Crippen molar-refractivity contribution in [1.29, 1.82) is 0 Å². The average molecular weight is 478 g/mol. The molecule has 1 aliphatic carbocycles. The SMILES string of the molecule is CC(C)(C)OC(=O)[C@@H]1[C@H](c2ccccc2)[C@H](C(=O)OC(C)(C)C)[C@@](C)(O)C[C@@]12NNC(=S)N2. The number of hydrogen-bond acceptors (Lipinski definition) is 7. The zero-order chi connectivity index (χ0) is 24.8. The molecular formula is C24H35N3O5S. The summed E-state index contributed by atoms with van der Waals surface area (Å²) in [5.41, 5.74) is 2.41. The smallest absolute Gasteiger partial charge is 0.313 e. The highest BCUT2D eigenvalue weighted by Gasteiger charge is 2.65. The van der Waals surface area contributed by atoms with Crippen LogP contribution in [0.3, 0.4) is 0 Å². The molecule has 1 saturated heterocycles. The first-order valence-electron chi connectivity index (χ1n) is 11.1. The molecule has 1 aromatic carbocycles. The first-order chi connectivity index (χ1) is 15.0. The highest BCUT2D eigenvalue weighted by molar-refractivity contribution is 7.80. The fraction of sp³-hybridized carbons (Fsp3) is 0.625. The highest BCUT2D eigenvalue weighted by atomic mass is 32.1. The molecule has 0 bridgehead atoms. The van der Waals surface area contributed by atoms with Gasteiger partial charge in [0.15, 0.2) is 5.11 Å². The lowest BCUT2D eigenvalue weighted by Gasteiger charge is -2.53. The molecule has 1 saturated carbocycles. The van der Waals surface area contributed by atoms with Crippen LogP contribution in [0.25, 0.3) is 0 Å². The Labute approximate surface area is 200 Å². The molecule has 33 heavy (non-hydrogen) atoms. The molecule has 0 unspecified atom stereocenters. The van der Waals surface area contributed by atoms with E-state index in [4.69, 9.17) is 21.7 Å². The molecule has 5 atom stereocenters. The molecule has 2 aliphatic rings. The number of aliphatic hydroxyl groups is 1. The van der Waals surface area contributed by atoms with Gasteiger partial charge in [0.05, 0.1) is 11.5 Å². The molecule has 4 N–H and O–H groups in total. The average Bonchev–Trinajstić information content (AvgIpc) is 2.98. The van der Waals surface area contributed by atoms with Crippen molar-refractivity contribution in [2.75, 3.05) is 0 Å². The van der Waals surface area contributed by atoms with Gasteiger partial charge in [-0.25, -0.2) is 5.43 Å². The van der Waals surface area contributed by atoms with Crippen molar-refractivity contribution >= 4 is 29.3 Å². The number of esters is 2. The van der Waals surface area contributed by atoms with Crippen LogP contribution in [-0.2, 0) is 19.1 Å². The van der Waals surface area contributed by atoms with Gasteiger partial charge in [0, 0.05) is 12.3 Å². The van der Waals surface area contributed by atoms with Crippen molar-refractivity contribution < 1.29 is 24.2 Å². The summed E-state index contributed by atoms with van der Waals surface area (Å²) in [6.45, 7) is 12.3. The molecule has 1 aliphatic heterocycles. The van der Waals surface area contributed by atoms with Crippen LogP contribution in [0, 0.1) is 11.8 Å². The van der Waals surface area contributed by atoms with Crippen LogP contribution in [0.5, 0.6) is 0 Å². The Morgan fingerprint density at radius 3 is 1.97 bits per heavy atom. The zero-order valence-electron chi connectivity index (χ0n) is 20.3. The second kappa shape index (κ2) is 8.52. The van der Waals surface area contributed by atoms with Crippen LogP contribution in [-0.4, -0.2) is 44.6 Å². The van der Waals surface area contributed by atoms with Crippen LogP contribution in [0.1, 0.15) is 66.4 Å². The van der Waals surface area contributed by atoms with Crippen molar-refractivity contribution in [2.24, 2.45) is 11.8 Å². The fourth-order valence-electron chi connectivity index (χ4n) is 4.89. The van der Waals surface area contributed by atoms with E-state index in [1.807, 2.05) is 30.3 Å². The lowest BCUT2D eigenvalue weighted by Crippen LogP contribution is -2.70. The zero-order valence-corrected chi connectivity index (χ0v) is 21.1. The molecule has 1 aromatic rings. The summed E-state index contributed by atoms with van der Waals surface area (Å²) in [4.78, 5) is 27.2. The van der Waals surface area contributed by atoms with Gasteiger partial charge in [-0.05, 0) is 66.2 Å². The van der Waals surface area contributed by atoms with Gasteiger partial charge in [-0.1, -0.05) is 30.3 Å². The molecule has 182 valence electrons. The molecule has 3 rings (SSSR count). The van der Waals surface area contributed by atoms with Crippen molar-refractivity contribution in [3.8, 4) is 0 Å². The summed E-state index contributed by atoms with van der Waals surface area (Å²) < 4.78 is 11.6. The van der Waals surface area contributed by atoms with Crippen LogP contribution in [0.15, 0.2) is 30.3 Å². The molecule has 8 nitrogen and oxygen atoms in total. The number of rotatable bonds is 3. The number of benzene rings is 1. The van der Waals surface area contributed by atoms with E-state index >= 15 is 0 Å². The van der Waals surface area contributed by atoms with Crippen LogP contribution in [0.2, 0.25) is 0 Å². The number of ether oxygens (including phenoxy) is 2. The maximum atomic E-state index is 13.7. The summed E-state index contributed by atoms with van der Waals surface area (Å²) >= 11 is 5.29. The van der Waals surface area contributed by atoms with E-state index < -0.39 is 52.2 Å². The fourth-order valence-corrected chi connectivity index (χ4v) is 5.12. The van der Waals surface area contributed by atoms with Crippen molar-refractivity contribution in [3.63, 3.8) is 0 Å². The molecule has 0 radical (unpaired) electrons. The van der Waals surface area contributed by atoms with E-state index in [0.29, 0.717) is 10.7 Å². The van der Waals surface area contributed by atoms with Crippen LogP contribution >= 0.6 is 12.2 Å². The summed E-state index contributed by atoms with van der Waals surface area (Å²) in [6.07, 6.45) is 0.00426. The molecule has 9 heteroatoms. The Balaban J connectivity index is 2.21. The van der Waals surface area contributed by atoms with E-state index in [-0.39, 0.29) is 6.42 Å². The number of nitrogens with one attached hydrogen (secondary N) is 3.